The number of hydrogen-bond acceptors (Lipinski definition) is 5. The minimum atomic E-state index is -0.886. The average Bonchev–Trinajstić information content (AvgIpc) is 3.43. The summed E-state index contributed by atoms with van der Waals surface area (Å²) in [7, 11) is 1.27. The topological polar surface area (TPSA) is 99.7 Å². The molecule has 1 unspecified atom stereocenters. The lowest BCUT2D eigenvalue weighted by molar-refractivity contribution is -0.132. The number of hydrogen-bond donors (Lipinski definition) is 2. The molecule has 34 heavy (non-hydrogen) atoms. The molecule has 7 heteroatoms. The van der Waals surface area contributed by atoms with Gasteiger partial charge in [0.2, 0.25) is 0 Å². The Labute approximate surface area is 194 Å². The molecule has 2 heterocycles. The minimum absolute atomic E-state index is 0.0237. The van der Waals surface area contributed by atoms with E-state index < -0.39 is 23.7 Å². The second-order valence-corrected chi connectivity index (χ2v) is 7.87. The maximum Gasteiger partial charge on any atom is 0.337 e. The van der Waals surface area contributed by atoms with Crippen LogP contribution >= 0.6 is 0 Å². The third-order valence-corrected chi connectivity index (χ3v) is 5.95. The maximum atomic E-state index is 13.3. The van der Waals surface area contributed by atoms with Gasteiger partial charge in [0.15, 0.2) is 0 Å². The number of nitrogens with zero attached hydrogens (tertiary/aromatic N) is 1. The Bertz CT molecular complexity index is 1470. The molecule has 2 N–H and O–H groups in total. The number of benzene rings is 3. The second-order valence-electron chi connectivity index (χ2n) is 7.87. The van der Waals surface area contributed by atoms with E-state index in [0.29, 0.717) is 16.8 Å². The number of aromatic amines is 1. The van der Waals surface area contributed by atoms with Crippen LogP contribution in [0.2, 0.25) is 0 Å². The van der Waals surface area contributed by atoms with Crippen molar-refractivity contribution in [3.05, 3.63) is 107 Å². The van der Waals surface area contributed by atoms with E-state index in [-0.39, 0.29) is 16.9 Å². The Balaban J connectivity index is 1.73. The van der Waals surface area contributed by atoms with Crippen molar-refractivity contribution >= 4 is 40.0 Å². The van der Waals surface area contributed by atoms with Crippen molar-refractivity contribution in [2.45, 2.75) is 6.04 Å². The molecule has 1 amide bonds. The number of nitrogens with one attached hydrogen (secondary N) is 1. The van der Waals surface area contributed by atoms with Gasteiger partial charge in [-0.25, -0.2) is 4.79 Å². The highest BCUT2D eigenvalue weighted by molar-refractivity contribution is 6.51. The fourth-order valence-corrected chi connectivity index (χ4v) is 4.36. The molecule has 168 valence electrons. The lowest BCUT2D eigenvalue weighted by atomic mass is 9.95. The van der Waals surface area contributed by atoms with E-state index in [1.165, 1.54) is 18.1 Å². The minimum Gasteiger partial charge on any atom is -0.507 e. The number of para-hydroxylation sites is 1. The number of methoxy groups -OCH3 is 1. The zero-order valence-corrected chi connectivity index (χ0v) is 18.2. The van der Waals surface area contributed by atoms with Crippen LogP contribution in [-0.2, 0) is 14.3 Å². The third kappa shape index (κ3) is 3.34. The van der Waals surface area contributed by atoms with Crippen molar-refractivity contribution in [3.8, 4) is 0 Å². The fraction of sp³-hybridized carbons (Fsp3) is 0.0741. The number of aromatic nitrogens is 1. The van der Waals surface area contributed by atoms with E-state index in [9.17, 15) is 19.5 Å². The monoisotopic (exact) mass is 452 g/mol. The first-order chi connectivity index (χ1) is 16.5. The van der Waals surface area contributed by atoms with Crippen molar-refractivity contribution in [2.75, 3.05) is 12.0 Å². The van der Waals surface area contributed by atoms with Gasteiger partial charge >= 0.3 is 5.97 Å². The third-order valence-electron chi connectivity index (χ3n) is 5.95. The Kier molecular flexibility index (Phi) is 5.22. The summed E-state index contributed by atoms with van der Waals surface area (Å²) in [5.41, 5.74) is 2.43. The van der Waals surface area contributed by atoms with Crippen LogP contribution in [0, 0.1) is 0 Å². The molecule has 0 spiro atoms. The summed E-state index contributed by atoms with van der Waals surface area (Å²) < 4.78 is 4.80. The maximum absolute atomic E-state index is 13.3. The van der Waals surface area contributed by atoms with Gasteiger partial charge in [-0.15, -0.1) is 0 Å². The first kappa shape index (κ1) is 21.2. The number of ether oxygens (including phenoxy) is 1. The van der Waals surface area contributed by atoms with E-state index in [1.807, 2.05) is 30.3 Å². The van der Waals surface area contributed by atoms with E-state index in [0.717, 1.165) is 10.9 Å². The van der Waals surface area contributed by atoms with Crippen LogP contribution in [0.25, 0.3) is 16.7 Å². The van der Waals surface area contributed by atoms with Gasteiger partial charge in [0, 0.05) is 28.4 Å². The number of fused-ring (bicyclic) bond motifs is 1. The number of rotatable bonds is 4. The summed E-state index contributed by atoms with van der Waals surface area (Å²) >= 11 is 0. The number of ketones is 1. The van der Waals surface area contributed by atoms with Crippen molar-refractivity contribution in [3.63, 3.8) is 0 Å². The van der Waals surface area contributed by atoms with Crippen LogP contribution in [-0.4, -0.2) is 34.9 Å². The number of aliphatic hydroxyl groups is 1. The van der Waals surface area contributed by atoms with Crippen molar-refractivity contribution < 1.29 is 24.2 Å². The van der Waals surface area contributed by atoms with Crippen LogP contribution in [0.1, 0.15) is 27.5 Å². The smallest absolute Gasteiger partial charge is 0.337 e. The average molecular weight is 452 g/mol. The van der Waals surface area contributed by atoms with E-state index in [1.54, 1.807) is 48.7 Å². The van der Waals surface area contributed by atoms with Crippen molar-refractivity contribution in [2.24, 2.45) is 0 Å². The number of Topliss-reactive ketones (excluding diaryl/α,β-unsaturated/α-hetero) is 1. The summed E-state index contributed by atoms with van der Waals surface area (Å²) in [4.78, 5) is 43.1. The Hall–Kier alpha value is -4.65. The van der Waals surface area contributed by atoms with Crippen LogP contribution < -0.4 is 4.90 Å². The van der Waals surface area contributed by atoms with Crippen LogP contribution in [0.3, 0.4) is 0 Å². The number of esters is 1. The lowest BCUT2D eigenvalue weighted by Gasteiger charge is -2.25. The molecule has 5 rings (SSSR count). The molecule has 1 saturated heterocycles. The van der Waals surface area contributed by atoms with Crippen LogP contribution in [0.5, 0.6) is 0 Å². The van der Waals surface area contributed by atoms with Crippen molar-refractivity contribution in [1.82, 2.24) is 4.98 Å². The van der Waals surface area contributed by atoms with Gasteiger partial charge in [0.25, 0.3) is 11.7 Å². The molecule has 0 saturated carbocycles. The quantitative estimate of drug-likeness (QED) is 0.204. The second kappa shape index (κ2) is 8.37. The van der Waals surface area contributed by atoms with Gasteiger partial charge in [-0.2, -0.15) is 0 Å². The lowest BCUT2D eigenvalue weighted by Crippen LogP contribution is -2.29. The summed E-state index contributed by atoms with van der Waals surface area (Å²) in [5.74, 6) is -2.43. The van der Waals surface area contributed by atoms with E-state index in [4.69, 9.17) is 4.74 Å². The van der Waals surface area contributed by atoms with Crippen molar-refractivity contribution in [1.29, 1.82) is 0 Å². The molecule has 1 aromatic heterocycles. The predicted octanol–water partition coefficient (Wildman–Crippen LogP) is 4.58. The number of anilines is 1. The summed E-state index contributed by atoms with van der Waals surface area (Å²) in [5, 5.41) is 12.1. The largest absolute Gasteiger partial charge is 0.507 e. The molecule has 1 aliphatic heterocycles. The van der Waals surface area contributed by atoms with Gasteiger partial charge in [-0.3, -0.25) is 14.5 Å². The van der Waals surface area contributed by atoms with Gasteiger partial charge in [-0.1, -0.05) is 54.6 Å². The highest BCUT2D eigenvalue weighted by atomic mass is 16.5. The highest BCUT2D eigenvalue weighted by Crippen LogP contribution is 2.43. The molecule has 1 atom stereocenters. The van der Waals surface area contributed by atoms with Gasteiger partial charge in [0.1, 0.15) is 5.76 Å². The molecule has 1 aliphatic rings. The van der Waals surface area contributed by atoms with Gasteiger partial charge in [0.05, 0.1) is 24.3 Å². The molecular formula is C27H20N2O5. The number of carbonyl (C=O) groups is 3. The SMILES string of the molecule is COC(=O)c1cccc(N2C(=O)C(=O)/C(=C(\O)c3c[nH]c4ccccc34)C2c2ccccc2)c1. The van der Waals surface area contributed by atoms with E-state index in [2.05, 4.69) is 4.98 Å². The standard InChI is InChI=1S/C27H20N2O5/c1-34-27(33)17-10-7-11-18(14-17)29-23(16-8-3-2-4-9-16)22(25(31)26(29)32)24(30)20-15-28-21-13-6-5-12-19(20)21/h2-15,23,28,30H,1H3/b24-22-. The molecule has 3 aromatic carbocycles. The Morgan fingerprint density at radius 1 is 0.971 bits per heavy atom. The highest BCUT2D eigenvalue weighted by Gasteiger charge is 2.47. The summed E-state index contributed by atoms with van der Waals surface area (Å²) in [6.45, 7) is 0. The molecule has 7 nitrogen and oxygen atoms in total. The zero-order valence-electron chi connectivity index (χ0n) is 18.2. The number of carbonyl (C=O) groups excluding carboxylic acids is 3. The molecule has 0 bridgehead atoms. The van der Waals surface area contributed by atoms with Crippen LogP contribution in [0.15, 0.2) is 90.6 Å². The first-order valence-corrected chi connectivity index (χ1v) is 10.6. The summed E-state index contributed by atoms with van der Waals surface area (Å²) in [6.07, 6.45) is 1.62. The number of H-pyrrole nitrogens is 1. The predicted molar refractivity (Wildman–Crippen MR) is 127 cm³/mol. The molecule has 0 aliphatic carbocycles. The Morgan fingerprint density at radius 3 is 2.47 bits per heavy atom. The fourth-order valence-electron chi connectivity index (χ4n) is 4.36. The molecular weight excluding hydrogens is 432 g/mol. The summed E-state index contributed by atoms with van der Waals surface area (Å²) in [6, 6.07) is 21.8. The first-order valence-electron chi connectivity index (χ1n) is 10.6. The zero-order chi connectivity index (χ0) is 23.8. The molecule has 1 fully saturated rings. The van der Waals surface area contributed by atoms with Crippen LogP contribution in [0.4, 0.5) is 5.69 Å². The molecule has 0 radical (unpaired) electrons. The number of amides is 1. The van der Waals surface area contributed by atoms with Gasteiger partial charge < -0.3 is 14.8 Å². The molecule has 4 aromatic rings. The van der Waals surface area contributed by atoms with E-state index >= 15 is 0 Å². The Morgan fingerprint density at radius 2 is 1.71 bits per heavy atom. The van der Waals surface area contributed by atoms with Gasteiger partial charge in [-0.05, 0) is 29.8 Å². The normalized spacial score (nSPS) is 17.3. The number of aliphatic hydroxyl groups excluding tert-OH is 1.